The molecular weight excluding hydrogens is 332 g/mol. The zero-order chi connectivity index (χ0) is 18.2. The highest BCUT2D eigenvalue weighted by molar-refractivity contribution is 5.95. The molecule has 1 saturated heterocycles. The summed E-state index contributed by atoms with van der Waals surface area (Å²) in [6.07, 6.45) is 1.16. The molecule has 3 rings (SSSR count). The maximum atomic E-state index is 11.9. The van der Waals surface area contributed by atoms with E-state index in [1.165, 1.54) is 0 Å². The molecular formula is C20H22N2O4. The van der Waals surface area contributed by atoms with E-state index in [9.17, 15) is 9.59 Å². The van der Waals surface area contributed by atoms with Crippen molar-refractivity contribution in [3.8, 4) is 5.75 Å². The third kappa shape index (κ3) is 5.32. The summed E-state index contributed by atoms with van der Waals surface area (Å²) in [5, 5.41) is 5.33. The van der Waals surface area contributed by atoms with Gasteiger partial charge in [-0.05, 0) is 42.7 Å². The number of hydrogen-bond donors (Lipinski definition) is 2. The summed E-state index contributed by atoms with van der Waals surface area (Å²) in [6, 6.07) is 17.0. The van der Waals surface area contributed by atoms with Crippen molar-refractivity contribution in [2.24, 2.45) is 0 Å². The lowest BCUT2D eigenvalue weighted by Gasteiger charge is -2.11. The minimum Gasteiger partial charge on any atom is -0.489 e. The van der Waals surface area contributed by atoms with Gasteiger partial charge >= 0.3 is 0 Å². The quantitative estimate of drug-likeness (QED) is 0.801. The number of ether oxygens (including phenoxy) is 2. The third-order valence-corrected chi connectivity index (χ3v) is 4.03. The van der Waals surface area contributed by atoms with Crippen LogP contribution >= 0.6 is 0 Å². The number of carbonyl (C=O) groups excluding carboxylic acids is 2. The van der Waals surface area contributed by atoms with Gasteiger partial charge in [0.05, 0.1) is 6.54 Å². The van der Waals surface area contributed by atoms with Crippen LogP contribution in [-0.4, -0.2) is 31.1 Å². The topological polar surface area (TPSA) is 76.7 Å². The van der Waals surface area contributed by atoms with Crippen LogP contribution in [-0.2, 0) is 20.9 Å². The molecule has 1 heterocycles. The normalized spacial score (nSPS) is 16.1. The lowest BCUT2D eigenvalue weighted by atomic mass is 10.2. The second-order valence-corrected chi connectivity index (χ2v) is 6.07. The fourth-order valence-electron chi connectivity index (χ4n) is 2.65. The molecule has 1 atom stereocenters. The lowest BCUT2D eigenvalue weighted by molar-refractivity contribution is -0.131. The van der Waals surface area contributed by atoms with Gasteiger partial charge in [0, 0.05) is 12.3 Å². The highest BCUT2D eigenvalue weighted by atomic mass is 16.5. The molecule has 6 heteroatoms. The molecule has 0 aromatic heterocycles. The maximum Gasteiger partial charge on any atom is 0.249 e. The van der Waals surface area contributed by atoms with Gasteiger partial charge in [-0.25, -0.2) is 0 Å². The third-order valence-electron chi connectivity index (χ3n) is 4.03. The van der Waals surface area contributed by atoms with Crippen molar-refractivity contribution in [1.29, 1.82) is 0 Å². The predicted molar refractivity (Wildman–Crippen MR) is 97.8 cm³/mol. The Morgan fingerprint density at radius 3 is 2.54 bits per heavy atom. The standard InChI is InChI=1S/C20H22N2O4/c23-19(13-21-20(24)18-7-4-12-25-18)22-16-8-10-17(11-9-16)26-14-15-5-2-1-3-6-15/h1-3,5-6,8-11,18H,4,7,12-14H2,(H,21,24)(H,22,23). The van der Waals surface area contributed by atoms with E-state index in [4.69, 9.17) is 9.47 Å². The zero-order valence-electron chi connectivity index (χ0n) is 14.4. The largest absolute Gasteiger partial charge is 0.489 e. The fourth-order valence-corrected chi connectivity index (χ4v) is 2.65. The van der Waals surface area contributed by atoms with Crippen LogP contribution in [0, 0.1) is 0 Å². The first kappa shape index (κ1) is 17.9. The van der Waals surface area contributed by atoms with Crippen LogP contribution < -0.4 is 15.4 Å². The SMILES string of the molecule is O=C(CNC(=O)C1CCCO1)Nc1ccc(OCc2ccccc2)cc1. The van der Waals surface area contributed by atoms with Gasteiger partial charge < -0.3 is 20.1 Å². The summed E-state index contributed by atoms with van der Waals surface area (Å²) in [5.41, 5.74) is 1.74. The fraction of sp³-hybridized carbons (Fsp3) is 0.300. The molecule has 1 aliphatic heterocycles. The number of hydrogen-bond acceptors (Lipinski definition) is 4. The van der Waals surface area contributed by atoms with Gasteiger partial charge in [0.2, 0.25) is 11.8 Å². The summed E-state index contributed by atoms with van der Waals surface area (Å²) in [5.74, 6) is 0.204. The molecule has 2 amide bonds. The molecule has 136 valence electrons. The number of nitrogens with one attached hydrogen (secondary N) is 2. The van der Waals surface area contributed by atoms with E-state index in [-0.39, 0.29) is 18.4 Å². The number of anilines is 1. The highest BCUT2D eigenvalue weighted by Gasteiger charge is 2.23. The van der Waals surface area contributed by atoms with Crippen molar-refractivity contribution in [3.05, 3.63) is 60.2 Å². The highest BCUT2D eigenvalue weighted by Crippen LogP contribution is 2.17. The Hall–Kier alpha value is -2.86. The molecule has 1 aliphatic rings. The van der Waals surface area contributed by atoms with Crippen molar-refractivity contribution in [3.63, 3.8) is 0 Å². The Bertz CT molecular complexity index is 725. The Balaban J connectivity index is 1.41. The van der Waals surface area contributed by atoms with E-state index >= 15 is 0 Å². The van der Waals surface area contributed by atoms with Gasteiger partial charge in [0.25, 0.3) is 0 Å². The van der Waals surface area contributed by atoms with Crippen LogP contribution in [0.2, 0.25) is 0 Å². The number of amides is 2. The van der Waals surface area contributed by atoms with Gasteiger partial charge in [0.15, 0.2) is 0 Å². The Labute approximate surface area is 152 Å². The molecule has 2 N–H and O–H groups in total. The molecule has 0 aliphatic carbocycles. The first-order valence-corrected chi connectivity index (χ1v) is 8.67. The van der Waals surface area contributed by atoms with Crippen LogP contribution in [0.1, 0.15) is 18.4 Å². The molecule has 1 unspecified atom stereocenters. The first-order chi connectivity index (χ1) is 12.7. The average Bonchev–Trinajstić information content (AvgIpc) is 3.21. The molecule has 0 saturated carbocycles. The van der Waals surface area contributed by atoms with Gasteiger partial charge in [-0.15, -0.1) is 0 Å². The summed E-state index contributed by atoms with van der Waals surface area (Å²) in [6.45, 7) is 1.01. The van der Waals surface area contributed by atoms with Crippen molar-refractivity contribution < 1.29 is 19.1 Å². The summed E-state index contributed by atoms with van der Waals surface area (Å²) in [7, 11) is 0. The summed E-state index contributed by atoms with van der Waals surface area (Å²) < 4.78 is 11.0. The zero-order valence-corrected chi connectivity index (χ0v) is 14.4. The van der Waals surface area contributed by atoms with Gasteiger partial charge in [-0.1, -0.05) is 30.3 Å². The second kappa shape index (κ2) is 9.01. The number of benzene rings is 2. The summed E-state index contributed by atoms with van der Waals surface area (Å²) in [4.78, 5) is 23.7. The average molecular weight is 354 g/mol. The maximum absolute atomic E-state index is 11.9. The summed E-state index contributed by atoms with van der Waals surface area (Å²) >= 11 is 0. The molecule has 1 fully saturated rings. The minimum atomic E-state index is -0.427. The van der Waals surface area contributed by atoms with Crippen molar-refractivity contribution in [2.75, 3.05) is 18.5 Å². The molecule has 6 nitrogen and oxygen atoms in total. The van der Waals surface area contributed by atoms with E-state index < -0.39 is 6.10 Å². The van der Waals surface area contributed by atoms with E-state index in [1.54, 1.807) is 24.3 Å². The van der Waals surface area contributed by atoms with Crippen LogP contribution in [0.3, 0.4) is 0 Å². The second-order valence-electron chi connectivity index (χ2n) is 6.07. The van der Waals surface area contributed by atoms with Crippen LogP contribution in [0.4, 0.5) is 5.69 Å². The van der Waals surface area contributed by atoms with E-state index in [0.717, 1.165) is 17.7 Å². The minimum absolute atomic E-state index is 0.0784. The predicted octanol–water partition coefficient (Wildman–Crippen LogP) is 2.50. The molecule has 2 aromatic rings. The number of rotatable bonds is 7. The first-order valence-electron chi connectivity index (χ1n) is 8.67. The van der Waals surface area contributed by atoms with Gasteiger partial charge in [-0.2, -0.15) is 0 Å². The molecule has 2 aromatic carbocycles. The lowest BCUT2D eigenvalue weighted by Crippen LogP contribution is -2.39. The van der Waals surface area contributed by atoms with E-state index in [0.29, 0.717) is 25.3 Å². The van der Waals surface area contributed by atoms with Crippen LogP contribution in [0.25, 0.3) is 0 Å². The molecule has 26 heavy (non-hydrogen) atoms. The molecule has 0 spiro atoms. The smallest absolute Gasteiger partial charge is 0.249 e. The van der Waals surface area contributed by atoms with E-state index in [1.807, 2.05) is 30.3 Å². The molecule has 0 radical (unpaired) electrons. The van der Waals surface area contributed by atoms with Crippen molar-refractivity contribution in [1.82, 2.24) is 5.32 Å². The van der Waals surface area contributed by atoms with Gasteiger partial charge in [-0.3, -0.25) is 9.59 Å². The van der Waals surface area contributed by atoms with Crippen molar-refractivity contribution >= 4 is 17.5 Å². The Morgan fingerprint density at radius 1 is 1.08 bits per heavy atom. The molecule has 0 bridgehead atoms. The van der Waals surface area contributed by atoms with Crippen molar-refractivity contribution in [2.45, 2.75) is 25.6 Å². The monoisotopic (exact) mass is 354 g/mol. The Morgan fingerprint density at radius 2 is 1.85 bits per heavy atom. The van der Waals surface area contributed by atoms with Crippen LogP contribution in [0.5, 0.6) is 5.75 Å². The van der Waals surface area contributed by atoms with E-state index in [2.05, 4.69) is 10.6 Å². The number of carbonyl (C=O) groups is 2. The Kier molecular flexibility index (Phi) is 6.22. The van der Waals surface area contributed by atoms with Crippen LogP contribution in [0.15, 0.2) is 54.6 Å². The van der Waals surface area contributed by atoms with Gasteiger partial charge in [0.1, 0.15) is 18.5 Å².